The van der Waals surface area contributed by atoms with Gasteiger partial charge in [-0.15, -0.1) is 0 Å². The maximum Gasteiger partial charge on any atom is 0.248 e. The van der Waals surface area contributed by atoms with Crippen molar-refractivity contribution in [3.05, 3.63) is 89.9 Å². The topological polar surface area (TPSA) is 117 Å². The van der Waals surface area contributed by atoms with Gasteiger partial charge in [0.05, 0.1) is 24.2 Å². The van der Waals surface area contributed by atoms with E-state index in [9.17, 15) is 18.0 Å². The molecule has 1 saturated heterocycles. The van der Waals surface area contributed by atoms with Crippen molar-refractivity contribution in [1.82, 2.24) is 14.1 Å². The number of hydrogen-bond donors (Lipinski definition) is 1. The van der Waals surface area contributed by atoms with E-state index in [4.69, 9.17) is 10.2 Å². The quantitative estimate of drug-likeness (QED) is 0.484. The number of benzene rings is 2. The molecule has 0 aliphatic carbocycles. The standard InChI is InChI=1S/C25H28N4O5S/c26-25(31)21-8-10-23(11-9-21)35(32,33)29-14-12-27(13-15-29)19-24(30)28(18-22-7-4-16-34-22)17-20-5-2-1-3-6-20/h1-11,16H,12-15,17-19H2,(H2,26,31). The molecular formula is C25H28N4O5S. The van der Waals surface area contributed by atoms with Gasteiger partial charge in [0.15, 0.2) is 0 Å². The number of hydrogen-bond acceptors (Lipinski definition) is 6. The van der Waals surface area contributed by atoms with Gasteiger partial charge in [-0.25, -0.2) is 8.42 Å². The van der Waals surface area contributed by atoms with Crippen molar-refractivity contribution in [2.24, 2.45) is 5.73 Å². The molecule has 1 aromatic heterocycles. The minimum Gasteiger partial charge on any atom is -0.467 e. The van der Waals surface area contributed by atoms with Crippen molar-refractivity contribution in [3.63, 3.8) is 0 Å². The van der Waals surface area contributed by atoms with Crippen molar-refractivity contribution in [1.29, 1.82) is 0 Å². The van der Waals surface area contributed by atoms with E-state index in [2.05, 4.69) is 0 Å². The minimum absolute atomic E-state index is 0.0522. The Morgan fingerprint density at radius 1 is 0.886 bits per heavy atom. The van der Waals surface area contributed by atoms with Crippen LogP contribution in [0.15, 0.2) is 82.3 Å². The average molecular weight is 497 g/mol. The van der Waals surface area contributed by atoms with Crippen LogP contribution in [0.4, 0.5) is 0 Å². The number of sulfonamides is 1. The van der Waals surface area contributed by atoms with Gasteiger partial charge in [-0.3, -0.25) is 14.5 Å². The molecule has 2 amide bonds. The van der Waals surface area contributed by atoms with Gasteiger partial charge in [0, 0.05) is 38.3 Å². The second-order valence-electron chi connectivity index (χ2n) is 8.38. The van der Waals surface area contributed by atoms with Gasteiger partial charge in [0.1, 0.15) is 5.76 Å². The Bertz CT molecular complexity index is 1240. The zero-order chi connectivity index (χ0) is 24.8. The van der Waals surface area contributed by atoms with Crippen molar-refractivity contribution < 1.29 is 22.4 Å². The number of piperazine rings is 1. The number of carbonyl (C=O) groups excluding carboxylic acids is 2. The Kier molecular flexibility index (Phi) is 7.64. The molecule has 3 aromatic rings. The van der Waals surface area contributed by atoms with E-state index in [-0.39, 0.29) is 36.0 Å². The summed E-state index contributed by atoms with van der Waals surface area (Å²) in [4.78, 5) is 28.3. The molecule has 1 aliphatic heterocycles. The van der Waals surface area contributed by atoms with Gasteiger partial charge >= 0.3 is 0 Å². The number of nitrogens with zero attached hydrogens (tertiary/aromatic N) is 3. The van der Waals surface area contributed by atoms with Gasteiger partial charge in [0.25, 0.3) is 0 Å². The van der Waals surface area contributed by atoms with E-state index < -0.39 is 15.9 Å². The maximum atomic E-state index is 13.2. The first-order valence-electron chi connectivity index (χ1n) is 11.3. The molecule has 35 heavy (non-hydrogen) atoms. The third-order valence-electron chi connectivity index (χ3n) is 5.96. The normalized spacial score (nSPS) is 15.1. The fourth-order valence-corrected chi connectivity index (χ4v) is 5.41. The van der Waals surface area contributed by atoms with Crippen LogP contribution in [-0.4, -0.2) is 67.1 Å². The van der Waals surface area contributed by atoms with E-state index in [1.807, 2.05) is 41.3 Å². The molecule has 2 heterocycles. The first kappa shape index (κ1) is 24.6. The lowest BCUT2D eigenvalue weighted by atomic mass is 10.2. The second kappa shape index (κ2) is 10.9. The predicted octanol–water partition coefficient (Wildman–Crippen LogP) is 1.91. The smallest absolute Gasteiger partial charge is 0.248 e. The van der Waals surface area contributed by atoms with Gasteiger partial charge < -0.3 is 15.1 Å². The fraction of sp³-hybridized carbons (Fsp3) is 0.280. The van der Waals surface area contributed by atoms with Gasteiger partial charge in [-0.2, -0.15) is 4.31 Å². The first-order chi connectivity index (χ1) is 16.8. The molecule has 4 rings (SSSR count). The molecule has 1 fully saturated rings. The molecule has 0 bridgehead atoms. The molecule has 9 nitrogen and oxygen atoms in total. The van der Waals surface area contributed by atoms with Crippen LogP contribution >= 0.6 is 0 Å². The van der Waals surface area contributed by atoms with E-state index in [1.54, 1.807) is 17.2 Å². The van der Waals surface area contributed by atoms with Crippen molar-refractivity contribution >= 4 is 21.8 Å². The van der Waals surface area contributed by atoms with Crippen LogP contribution < -0.4 is 5.73 Å². The van der Waals surface area contributed by atoms with Crippen LogP contribution in [0.25, 0.3) is 0 Å². The molecule has 2 aromatic carbocycles. The highest BCUT2D eigenvalue weighted by Crippen LogP contribution is 2.19. The second-order valence-corrected chi connectivity index (χ2v) is 10.3. The van der Waals surface area contributed by atoms with E-state index in [1.165, 1.54) is 28.6 Å². The molecule has 1 aliphatic rings. The van der Waals surface area contributed by atoms with Gasteiger partial charge in [0.2, 0.25) is 21.8 Å². The molecule has 0 spiro atoms. The molecule has 0 atom stereocenters. The number of nitrogens with two attached hydrogens (primary N) is 1. The lowest BCUT2D eigenvalue weighted by molar-refractivity contribution is -0.134. The minimum atomic E-state index is -3.70. The Hall–Kier alpha value is -3.47. The van der Waals surface area contributed by atoms with E-state index in [0.717, 1.165) is 5.56 Å². The van der Waals surface area contributed by atoms with Crippen LogP contribution in [0.5, 0.6) is 0 Å². The highest BCUT2D eigenvalue weighted by Gasteiger charge is 2.30. The van der Waals surface area contributed by atoms with Crippen LogP contribution in [0.3, 0.4) is 0 Å². The largest absolute Gasteiger partial charge is 0.467 e. The summed E-state index contributed by atoms with van der Waals surface area (Å²) in [5.74, 6) is 0.0386. The van der Waals surface area contributed by atoms with Gasteiger partial charge in [-0.05, 0) is 42.0 Å². The summed E-state index contributed by atoms with van der Waals surface area (Å²) in [7, 11) is -3.70. The number of furan rings is 1. The highest BCUT2D eigenvalue weighted by atomic mass is 32.2. The number of carbonyl (C=O) groups is 2. The third-order valence-corrected chi connectivity index (χ3v) is 7.88. The Morgan fingerprint density at radius 3 is 2.17 bits per heavy atom. The molecule has 0 unspecified atom stereocenters. The third kappa shape index (κ3) is 6.16. The molecule has 0 radical (unpaired) electrons. The lowest BCUT2D eigenvalue weighted by Gasteiger charge is -2.34. The number of rotatable bonds is 9. The van der Waals surface area contributed by atoms with Crippen molar-refractivity contribution in [2.45, 2.75) is 18.0 Å². The van der Waals surface area contributed by atoms with E-state index in [0.29, 0.717) is 31.9 Å². The van der Waals surface area contributed by atoms with Crippen LogP contribution in [0.2, 0.25) is 0 Å². The molecule has 0 saturated carbocycles. The zero-order valence-electron chi connectivity index (χ0n) is 19.2. The summed E-state index contributed by atoms with van der Waals surface area (Å²) in [5, 5.41) is 0. The highest BCUT2D eigenvalue weighted by molar-refractivity contribution is 7.89. The van der Waals surface area contributed by atoms with E-state index >= 15 is 0 Å². The van der Waals surface area contributed by atoms with Crippen molar-refractivity contribution in [3.8, 4) is 0 Å². The summed E-state index contributed by atoms with van der Waals surface area (Å²) in [5.41, 5.74) is 6.50. The Morgan fingerprint density at radius 2 is 1.57 bits per heavy atom. The monoisotopic (exact) mass is 496 g/mol. The summed E-state index contributed by atoms with van der Waals surface area (Å²) in [6, 6.07) is 19.0. The zero-order valence-corrected chi connectivity index (χ0v) is 20.1. The fourth-order valence-electron chi connectivity index (χ4n) is 3.99. The van der Waals surface area contributed by atoms with Crippen LogP contribution in [0.1, 0.15) is 21.7 Å². The average Bonchev–Trinajstić information content (AvgIpc) is 3.38. The first-order valence-corrected chi connectivity index (χ1v) is 12.7. The van der Waals surface area contributed by atoms with Crippen LogP contribution in [0, 0.1) is 0 Å². The Labute approximate surface area is 204 Å². The summed E-state index contributed by atoms with van der Waals surface area (Å²) in [6.45, 7) is 2.41. The predicted molar refractivity (Wildman–Crippen MR) is 130 cm³/mol. The molecule has 10 heteroatoms. The molecular weight excluding hydrogens is 468 g/mol. The maximum absolute atomic E-state index is 13.2. The van der Waals surface area contributed by atoms with Crippen molar-refractivity contribution in [2.75, 3.05) is 32.7 Å². The van der Waals surface area contributed by atoms with Gasteiger partial charge in [-0.1, -0.05) is 30.3 Å². The number of amides is 2. The summed E-state index contributed by atoms with van der Waals surface area (Å²) < 4.78 is 32.8. The number of primary amides is 1. The summed E-state index contributed by atoms with van der Waals surface area (Å²) in [6.07, 6.45) is 1.58. The molecule has 184 valence electrons. The lowest BCUT2D eigenvalue weighted by Crippen LogP contribution is -2.51. The SMILES string of the molecule is NC(=O)c1ccc(S(=O)(=O)N2CCN(CC(=O)N(Cc3ccccc3)Cc3ccco3)CC2)cc1. The summed E-state index contributed by atoms with van der Waals surface area (Å²) >= 11 is 0. The van der Waals surface area contributed by atoms with Crippen LogP contribution in [-0.2, 0) is 27.9 Å². The Balaban J connectivity index is 1.37. The molecule has 2 N–H and O–H groups in total.